The maximum absolute atomic E-state index is 13.8. The van der Waals surface area contributed by atoms with Gasteiger partial charge in [-0.3, -0.25) is 0 Å². The minimum atomic E-state index is -0.471. The smallest absolute Gasteiger partial charge is 0.149 e. The van der Waals surface area contributed by atoms with Crippen molar-refractivity contribution in [3.8, 4) is 0 Å². The molecule has 4 heteroatoms. The fourth-order valence-corrected chi connectivity index (χ4v) is 2.54. The summed E-state index contributed by atoms with van der Waals surface area (Å²) in [5.74, 6) is -0.350. The van der Waals surface area contributed by atoms with Gasteiger partial charge >= 0.3 is 0 Å². The van der Waals surface area contributed by atoms with Gasteiger partial charge in [-0.15, -0.1) is 0 Å². The number of benzene rings is 1. The molecule has 1 saturated carbocycles. The van der Waals surface area contributed by atoms with Crippen LogP contribution in [0, 0.1) is 17.6 Å². The molecule has 1 fully saturated rings. The molecule has 0 heterocycles. The van der Waals surface area contributed by atoms with E-state index in [0.717, 1.165) is 6.54 Å². The molecule has 1 nitrogen and oxygen atoms in total. The van der Waals surface area contributed by atoms with Crippen LogP contribution in [0.5, 0.6) is 0 Å². The zero-order valence-electron chi connectivity index (χ0n) is 9.85. The van der Waals surface area contributed by atoms with Crippen LogP contribution in [0.25, 0.3) is 0 Å². The first-order valence-corrected chi connectivity index (χ1v) is 6.99. The second-order valence-corrected chi connectivity index (χ2v) is 5.28. The molecule has 2 rings (SSSR count). The van der Waals surface area contributed by atoms with E-state index in [1.165, 1.54) is 31.4 Å². The summed E-state index contributed by atoms with van der Waals surface area (Å²) >= 11 is 3.20. The highest BCUT2D eigenvalue weighted by Gasteiger charge is 2.22. The normalized spacial score (nSPS) is 15.8. The van der Waals surface area contributed by atoms with Crippen LogP contribution in [-0.4, -0.2) is 13.6 Å². The Morgan fingerprint density at radius 1 is 1.29 bits per heavy atom. The van der Waals surface area contributed by atoms with Crippen LogP contribution in [0.1, 0.15) is 24.8 Å². The van der Waals surface area contributed by atoms with E-state index >= 15 is 0 Å². The van der Waals surface area contributed by atoms with Crippen molar-refractivity contribution in [1.29, 1.82) is 0 Å². The predicted octanol–water partition coefficient (Wildman–Crippen LogP) is 4.10. The number of halogens is 3. The third-order valence-corrected chi connectivity index (χ3v) is 4.02. The number of alkyl halides is 1. The molecule has 1 aromatic carbocycles. The predicted molar refractivity (Wildman–Crippen MR) is 69.6 cm³/mol. The van der Waals surface area contributed by atoms with Crippen molar-refractivity contribution in [3.05, 3.63) is 29.3 Å². The summed E-state index contributed by atoms with van der Waals surface area (Å²) < 4.78 is 27.6. The molecule has 0 amide bonds. The van der Waals surface area contributed by atoms with E-state index in [1.54, 1.807) is 11.9 Å². The molecule has 0 aliphatic heterocycles. The molecule has 0 N–H and O–H groups in total. The van der Waals surface area contributed by atoms with Gasteiger partial charge in [-0.1, -0.05) is 22.4 Å². The highest BCUT2D eigenvalue weighted by Crippen LogP contribution is 2.31. The monoisotopic (exact) mass is 303 g/mol. The number of hydrogen-bond donors (Lipinski definition) is 0. The summed E-state index contributed by atoms with van der Waals surface area (Å²) in [6.07, 6.45) is 3.59. The van der Waals surface area contributed by atoms with E-state index in [9.17, 15) is 8.78 Å². The molecular formula is C13H16BrF2N. The highest BCUT2D eigenvalue weighted by atomic mass is 79.9. The quantitative estimate of drug-likeness (QED) is 0.757. The zero-order valence-corrected chi connectivity index (χ0v) is 11.4. The van der Waals surface area contributed by atoms with Crippen molar-refractivity contribution in [3.63, 3.8) is 0 Å². The van der Waals surface area contributed by atoms with Crippen molar-refractivity contribution in [1.82, 2.24) is 0 Å². The second kappa shape index (κ2) is 5.34. The Labute approximate surface area is 109 Å². The lowest BCUT2D eigenvalue weighted by atomic mass is 9.85. The second-order valence-electron chi connectivity index (χ2n) is 4.72. The van der Waals surface area contributed by atoms with Crippen molar-refractivity contribution in [2.24, 2.45) is 5.92 Å². The molecule has 17 heavy (non-hydrogen) atoms. The summed E-state index contributed by atoms with van der Waals surface area (Å²) in [6, 6.07) is 2.79. The average molecular weight is 304 g/mol. The Morgan fingerprint density at radius 2 is 1.88 bits per heavy atom. The molecule has 0 atom stereocenters. The van der Waals surface area contributed by atoms with Gasteiger partial charge in [-0.2, -0.15) is 0 Å². The molecule has 0 spiro atoms. The first-order valence-electron chi connectivity index (χ1n) is 5.87. The molecule has 0 radical (unpaired) electrons. The fraction of sp³-hybridized carbons (Fsp3) is 0.538. The molecule has 0 saturated heterocycles. The Balaban J connectivity index is 2.18. The van der Waals surface area contributed by atoms with Gasteiger partial charge < -0.3 is 4.90 Å². The van der Waals surface area contributed by atoms with E-state index in [4.69, 9.17) is 0 Å². The molecule has 1 aromatic rings. The van der Waals surface area contributed by atoms with Crippen molar-refractivity contribution >= 4 is 21.6 Å². The summed E-state index contributed by atoms with van der Waals surface area (Å²) in [5, 5.41) is 0.466. The van der Waals surface area contributed by atoms with Crippen LogP contribution in [0.15, 0.2) is 12.1 Å². The van der Waals surface area contributed by atoms with Gasteiger partial charge in [-0.05, 0) is 36.5 Å². The van der Waals surface area contributed by atoms with Crippen molar-refractivity contribution < 1.29 is 8.78 Å². The number of hydrogen-bond acceptors (Lipinski definition) is 1. The van der Waals surface area contributed by atoms with Crippen LogP contribution in [0.2, 0.25) is 0 Å². The highest BCUT2D eigenvalue weighted by molar-refractivity contribution is 9.08. The number of rotatable bonds is 4. The molecule has 1 aliphatic carbocycles. The van der Waals surface area contributed by atoms with E-state index in [0.29, 0.717) is 16.8 Å². The van der Waals surface area contributed by atoms with Gasteiger partial charge in [0.15, 0.2) is 0 Å². The molecular weight excluding hydrogens is 288 g/mol. The molecule has 1 aliphatic rings. The fourth-order valence-electron chi connectivity index (χ4n) is 2.21. The van der Waals surface area contributed by atoms with E-state index in [1.807, 2.05) is 0 Å². The first kappa shape index (κ1) is 12.8. The summed E-state index contributed by atoms with van der Waals surface area (Å²) in [4.78, 5) is 1.70. The number of anilines is 1. The van der Waals surface area contributed by atoms with Crippen LogP contribution >= 0.6 is 15.9 Å². The minimum Gasteiger partial charge on any atom is -0.370 e. The maximum Gasteiger partial charge on any atom is 0.149 e. The van der Waals surface area contributed by atoms with E-state index in [-0.39, 0.29) is 5.69 Å². The van der Waals surface area contributed by atoms with Gasteiger partial charge in [0.05, 0.1) is 0 Å². The van der Waals surface area contributed by atoms with Crippen LogP contribution in [0.4, 0.5) is 14.5 Å². The summed E-state index contributed by atoms with van der Waals surface area (Å²) in [7, 11) is 1.76. The molecule has 0 aromatic heterocycles. The summed E-state index contributed by atoms with van der Waals surface area (Å²) in [5.41, 5.74) is 0.724. The Kier molecular flexibility index (Phi) is 4.02. The average Bonchev–Trinajstić information content (AvgIpc) is 2.22. The Hall–Kier alpha value is -0.640. The minimum absolute atomic E-state index is 0.0987. The summed E-state index contributed by atoms with van der Waals surface area (Å²) in [6.45, 7) is 0.738. The lowest BCUT2D eigenvalue weighted by Gasteiger charge is -2.31. The maximum atomic E-state index is 13.8. The lowest BCUT2D eigenvalue weighted by molar-refractivity contribution is 0.320. The zero-order chi connectivity index (χ0) is 12.4. The Bertz CT molecular complexity index is 381. The standard InChI is InChI=1S/C13H16BrF2N/c1-17(8-9-3-2-4-9)13-11(15)5-10(7-14)6-12(13)16/h5-6,9H,2-4,7-8H2,1H3. The van der Waals surface area contributed by atoms with Crippen LogP contribution < -0.4 is 4.90 Å². The van der Waals surface area contributed by atoms with Crippen molar-refractivity contribution in [2.45, 2.75) is 24.6 Å². The topological polar surface area (TPSA) is 3.24 Å². The van der Waals surface area contributed by atoms with Gasteiger partial charge in [-0.25, -0.2) is 8.78 Å². The van der Waals surface area contributed by atoms with Gasteiger partial charge in [0.2, 0.25) is 0 Å². The molecule has 94 valence electrons. The number of nitrogens with zero attached hydrogens (tertiary/aromatic N) is 1. The van der Waals surface area contributed by atoms with E-state index < -0.39 is 11.6 Å². The molecule has 0 unspecified atom stereocenters. The van der Waals surface area contributed by atoms with E-state index in [2.05, 4.69) is 15.9 Å². The van der Waals surface area contributed by atoms with Gasteiger partial charge in [0, 0.05) is 18.9 Å². The van der Waals surface area contributed by atoms with Gasteiger partial charge in [0.25, 0.3) is 0 Å². The molecule has 0 bridgehead atoms. The van der Waals surface area contributed by atoms with Crippen molar-refractivity contribution in [2.75, 3.05) is 18.5 Å². The third-order valence-electron chi connectivity index (χ3n) is 3.37. The SMILES string of the molecule is CN(CC1CCC1)c1c(F)cc(CBr)cc1F. The van der Waals surface area contributed by atoms with Gasteiger partial charge in [0.1, 0.15) is 17.3 Å². The first-order chi connectivity index (χ1) is 8.11. The third kappa shape index (κ3) is 2.79. The lowest BCUT2D eigenvalue weighted by Crippen LogP contribution is -2.30. The largest absolute Gasteiger partial charge is 0.370 e. The van der Waals surface area contributed by atoms with Crippen LogP contribution in [0.3, 0.4) is 0 Å². The Morgan fingerprint density at radius 3 is 2.29 bits per heavy atom. The van der Waals surface area contributed by atoms with Crippen LogP contribution in [-0.2, 0) is 5.33 Å².